The standard InChI is InChI=1S/C20H15F3O4S2/c21-20(22,23)16-13-11-15(12-14-16)19(28(24,25)17-7-3-1-4-8-17)29(26,27)18-9-5-2-6-10-18/h1-14,19H. The summed E-state index contributed by atoms with van der Waals surface area (Å²) < 4.78 is 89.5. The quantitative estimate of drug-likeness (QED) is 0.579. The van der Waals surface area contributed by atoms with E-state index in [-0.39, 0.29) is 15.4 Å². The Bertz CT molecular complexity index is 1120. The first-order chi connectivity index (χ1) is 13.5. The number of hydrogen-bond donors (Lipinski definition) is 0. The molecule has 0 saturated carbocycles. The molecule has 3 aromatic carbocycles. The van der Waals surface area contributed by atoms with Gasteiger partial charge < -0.3 is 0 Å². The number of alkyl halides is 3. The predicted molar refractivity (Wildman–Crippen MR) is 101 cm³/mol. The van der Waals surface area contributed by atoms with E-state index in [4.69, 9.17) is 0 Å². The van der Waals surface area contributed by atoms with Gasteiger partial charge in [0, 0.05) is 0 Å². The van der Waals surface area contributed by atoms with Crippen LogP contribution in [-0.2, 0) is 25.9 Å². The van der Waals surface area contributed by atoms with Crippen molar-refractivity contribution in [3.8, 4) is 0 Å². The van der Waals surface area contributed by atoms with E-state index in [0.717, 1.165) is 12.1 Å². The second-order valence-electron chi connectivity index (χ2n) is 6.17. The molecule has 3 rings (SSSR count). The van der Waals surface area contributed by atoms with Gasteiger partial charge in [-0.3, -0.25) is 0 Å². The minimum atomic E-state index is -4.63. The molecular formula is C20H15F3O4S2. The molecule has 152 valence electrons. The van der Waals surface area contributed by atoms with Gasteiger partial charge in [-0.2, -0.15) is 13.2 Å². The largest absolute Gasteiger partial charge is 0.416 e. The van der Waals surface area contributed by atoms with Crippen molar-refractivity contribution in [3.63, 3.8) is 0 Å². The molecule has 4 nitrogen and oxygen atoms in total. The van der Waals surface area contributed by atoms with E-state index in [1.807, 2.05) is 0 Å². The summed E-state index contributed by atoms with van der Waals surface area (Å²) in [6.45, 7) is 0. The van der Waals surface area contributed by atoms with Gasteiger partial charge in [-0.1, -0.05) is 48.5 Å². The van der Waals surface area contributed by atoms with Crippen molar-refractivity contribution in [2.75, 3.05) is 0 Å². The lowest BCUT2D eigenvalue weighted by Gasteiger charge is -2.19. The van der Waals surface area contributed by atoms with Crippen molar-refractivity contribution >= 4 is 19.7 Å². The highest BCUT2D eigenvalue weighted by atomic mass is 32.3. The van der Waals surface area contributed by atoms with Gasteiger partial charge in [0.15, 0.2) is 24.3 Å². The van der Waals surface area contributed by atoms with Gasteiger partial charge >= 0.3 is 6.18 Å². The summed E-state index contributed by atoms with van der Waals surface area (Å²) in [6.07, 6.45) is -4.63. The highest BCUT2D eigenvalue weighted by Gasteiger charge is 2.41. The van der Waals surface area contributed by atoms with E-state index in [1.54, 1.807) is 12.1 Å². The van der Waals surface area contributed by atoms with E-state index < -0.39 is 36.0 Å². The molecule has 0 bridgehead atoms. The van der Waals surface area contributed by atoms with E-state index in [9.17, 15) is 30.0 Å². The molecule has 3 aromatic rings. The molecule has 0 aliphatic heterocycles. The lowest BCUT2D eigenvalue weighted by molar-refractivity contribution is -0.137. The van der Waals surface area contributed by atoms with Crippen LogP contribution in [0.5, 0.6) is 0 Å². The van der Waals surface area contributed by atoms with Crippen LogP contribution in [0, 0.1) is 0 Å². The number of halogens is 3. The molecule has 0 heterocycles. The number of hydrogen-bond acceptors (Lipinski definition) is 4. The fraction of sp³-hybridized carbons (Fsp3) is 0.100. The van der Waals surface area contributed by atoms with Gasteiger partial charge in [0.2, 0.25) is 0 Å². The van der Waals surface area contributed by atoms with Crippen LogP contribution in [-0.4, -0.2) is 16.8 Å². The van der Waals surface area contributed by atoms with Crippen molar-refractivity contribution in [1.29, 1.82) is 0 Å². The first-order valence-corrected chi connectivity index (χ1v) is 11.4. The molecule has 0 N–H and O–H groups in total. The Hall–Kier alpha value is -2.65. The SMILES string of the molecule is O=S(=O)(c1ccccc1)C(c1ccc(C(F)(F)F)cc1)S(=O)(=O)c1ccccc1. The third kappa shape index (κ3) is 4.20. The van der Waals surface area contributed by atoms with Crippen molar-refractivity contribution in [1.82, 2.24) is 0 Å². The molecule has 0 spiro atoms. The average Bonchev–Trinajstić information content (AvgIpc) is 2.69. The Balaban J connectivity index is 2.23. The van der Waals surface area contributed by atoms with Crippen LogP contribution in [0.4, 0.5) is 13.2 Å². The minimum absolute atomic E-state index is 0.246. The molecule has 0 aliphatic rings. The molecule has 0 unspecified atom stereocenters. The summed E-state index contributed by atoms with van der Waals surface area (Å²) in [5, 5.41) is 0. The first-order valence-electron chi connectivity index (χ1n) is 8.29. The Morgan fingerprint density at radius 1 is 0.586 bits per heavy atom. The number of benzene rings is 3. The van der Waals surface area contributed by atoms with Crippen LogP contribution >= 0.6 is 0 Å². The highest BCUT2D eigenvalue weighted by Crippen LogP contribution is 2.39. The van der Waals surface area contributed by atoms with Crippen molar-refractivity contribution in [2.45, 2.75) is 20.5 Å². The highest BCUT2D eigenvalue weighted by molar-refractivity contribution is 8.08. The summed E-state index contributed by atoms with van der Waals surface area (Å²) in [6, 6.07) is 17.0. The fourth-order valence-electron chi connectivity index (χ4n) is 2.82. The molecule has 0 radical (unpaired) electrons. The molecule has 0 aromatic heterocycles. The smallest absolute Gasteiger partial charge is 0.222 e. The van der Waals surface area contributed by atoms with Gasteiger partial charge in [-0.15, -0.1) is 0 Å². The summed E-state index contributed by atoms with van der Waals surface area (Å²) in [5.74, 6) is 0. The molecule has 29 heavy (non-hydrogen) atoms. The zero-order chi connectivity index (χ0) is 21.3. The third-order valence-electron chi connectivity index (χ3n) is 4.22. The first kappa shape index (κ1) is 21.1. The second-order valence-corrected chi connectivity index (χ2v) is 10.5. The van der Waals surface area contributed by atoms with Gasteiger partial charge in [0.25, 0.3) is 0 Å². The van der Waals surface area contributed by atoms with Crippen LogP contribution in [0.1, 0.15) is 15.7 Å². The second kappa shape index (κ2) is 7.64. The van der Waals surface area contributed by atoms with Gasteiger partial charge in [-0.25, -0.2) is 16.8 Å². The van der Waals surface area contributed by atoms with E-state index in [1.165, 1.54) is 48.5 Å². The summed E-state index contributed by atoms with van der Waals surface area (Å²) in [4.78, 5) is -0.492. The molecule has 0 fully saturated rings. The number of sulfone groups is 2. The zero-order valence-electron chi connectivity index (χ0n) is 14.7. The minimum Gasteiger partial charge on any atom is -0.222 e. The predicted octanol–water partition coefficient (Wildman–Crippen LogP) is 4.65. The Kier molecular flexibility index (Phi) is 5.55. The topological polar surface area (TPSA) is 68.3 Å². The Morgan fingerprint density at radius 2 is 0.966 bits per heavy atom. The lowest BCUT2D eigenvalue weighted by atomic mass is 10.1. The van der Waals surface area contributed by atoms with E-state index >= 15 is 0 Å². The van der Waals surface area contributed by atoms with Crippen LogP contribution in [0.25, 0.3) is 0 Å². The van der Waals surface area contributed by atoms with Gasteiger partial charge in [0.1, 0.15) is 0 Å². The van der Waals surface area contributed by atoms with Gasteiger partial charge in [-0.05, 0) is 42.0 Å². The molecule has 0 amide bonds. The molecule has 9 heteroatoms. The van der Waals surface area contributed by atoms with Crippen molar-refractivity contribution in [2.24, 2.45) is 0 Å². The van der Waals surface area contributed by atoms with Crippen LogP contribution in [0.15, 0.2) is 94.7 Å². The summed E-state index contributed by atoms with van der Waals surface area (Å²) >= 11 is 0. The maximum absolute atomic E-state index is 13.2. The molecule has 0 aliphatic carbocycles. The molecule has 0 saturated heterocycles. The monoisotopic (exact) mass is 440 g/mol. The van der Waals surface area contributed by atoms with Crippen molar-refractivity contribution < 1.29 is 30.0 Å². The molecular weight excluding hydrogens is 425 g/mol. The van der Waals surface area contributed by atoms with E-state index in [2.05, 4.69) is 0 Å². The van der Waals surface area contributed by atoms with Crippen LogP contribution < -0.4 is 0 Å². The van der Waals surface area contributed by atoms with E-state index in [0.29, 0.717) is 12.1 Å². The fourth-order valence-corrected chi connectivity index (χ4v) is 7.42. The normalized spacial score (nSPS) is 12.8. The summed E-state index contributed by atoms with van der Waals surface area (Å²) in [7, 11) is -8.95. The molecule has 0 atom stereocenters. The number of rotatable bonds is 5. The van der Waals surface area contributed by atoms with Crippen LogP contribution in [0.3, 0.4) is 0 Å². The maximum atomic E-state index is 13.2. The van der Waals surface area contributed by atoms with Gasteiger partial charge in [0.05, 0.1) is 15.4 Å². The lowest BCUT2D eigenvalue weighted by Crippen LogP contribution is -2.23. The average molecular weight is 440 g/mol. The Morgan fingerprint density at radius 3 is 1.31 bits per heavy atom. The third-order valence-corrected chi connectivity index (χ3v) is 9.27. The Labute approximate surface area is 166 Å². The van der Waals surface area contributed by atoms with Crippen LogP contribution in [0.2, 0.25) is 0 Å². The zero-order valence-corrected chi connectivity index (χ0v) is 16.4. The van der Waals surface area contributed by atoms with Crippen molar-refractivity contribution in [3.05, 3.63) is 96.1 Å². The maximum Gasteiger partial charge on any atom is 0.416 e. The summed E-state index contributed by atoms with van der Waals surface area (Å²) in [5.41, 5.74) is -1.28.